The van der Waals surface area contributed by atoms with Gasteiger partial charge in [-0.1, -0.05) is 6.07 Å². The largest absolute Gasteiger partial charge is 0.462 e. The van der Waals surface area contributed by atoms with Gasteiger partial charge in [-0.05, 0) is 31.5 Å². The van der Waals surface area contributed by atoms with E-state index in [1.165, 1.54) is 6.07 Å². The minimum Gasteiger partial charge on any atom is -0.462 e. The summed E-state index contributed by atoms with van der Waals surface area (Å²) < 4.78 is 37.0. The van der Waals surface area contributed by atoms with E-state index in [2.05, 4.69) is 10.0 Å². The molecule has 0 aliphatic heterocycles. The quantitative estimate of drug-likeness (QED) is 0.466. The van der Waals surface area contributed by atoms with E-state index in [-0.39, 0.29) is 36.0 Å². The van der Waals surface area contributed by atoms with Crippen LogP contribution < -0.4 is 10.0 Å². The van der Waals surface area contributed by atoms with Crippen LogP contribution in [0.3, 0.4) is 0 Å². The van der Waals surface area contributed by atoms with Crippen molar-refractivity contribution in [1.82, 2.24) is 10.0 Å². The molecule has 0 saturated carbocycles. The van der Waals surface area contributed by atoms with E-state index in [0.29, 0.717) is 25.3 Å². The van der Waals surface area contributed by atoms with E-state index in [1.807, 2.05) is 0 Å². The third-order valence-corrected chi connectivity index (χ3v) is 4.67. The predicted octanol–water partition coefficient (Wildman–Crippen LogP) is 1.11. The number of methoxy groups -OCH3 is 1. The van der Waals surface area contributed by atoms with Crippen LogP contribution >= 0.6 is 12.4 Å². The van der Waals surface area contributed by atoms with Crippen molar-refractivity contribution in [2.45, 2.75) is 18.7 Å². The van der Waals surface area contributed by atoms with Gasteiger partial charge in [0.2, 0.25) is 10.0 Å². The Hall–Kier alpha value is -1.19. The Bertz CT molecular complexity index is 622. The van der Waals surface area contributed by atoms with Gasteiger partial charge in [0, 0.05) is 26.7 Å². The van der Waals surface area contributed by atoms with Gasteiger partial charge < -0.3 is 14.8 Å². The number of carbonyl (C=O) groups is 1. The molecule has 0 heterocycles. The normalized spacial score (nSPS) is 11.0. The van der Waals surface area contributed by atoms with Crippen LogP contribution in [0.5, 0.6) is 0 Å². The van der Waals surface area contributed by atoms with E-state index in [1.54, 1.807) is 33.1 Å². The minimum absolute atomic E-state index is 0. The molecule has 9 heteroatoms. The van der Waals surface area contributed by atoms with Crippen LogP contribution in [0.25, 0.3) is 0 Å². The number of carbonyl (C=O) groups excluding carboxylic acids is 1. The van der Waals surface area contributed by atoms with Crippen LogP contribution in [0.2, 0.25) is 0 Å². The highest BCUT2D eigenvalue weighted by atomic mass is 35.5. The Labute approximate surface area is 149 Å². The molecule has 0 aliphatic carbocycles. The molecule has 0 unspecified atom stereocenters. The van der Waals surface area contributed by atoms with Crippen molar-refractivity contribution in [1.29, 1.82) is 0 Å². The summed E-state index contributed by atoms with van der Waals surface area (Å²) in [6.07, 6.45) is 0. The number of benzene rings is 1. The molecule has 0 spiro atoms. The van der Waals surface area contributed by atoms with Gasteiger partial charge >= 0.3 is 5.97 Å². The van der Waals surface area contributed by atoms with E-state index in [4.69, 9.17) is 9.47 Å². The molecule has 2 N–H and O–H groups in total. The van der Waals surface area contributed by atoms with Crippen molar-refractivity contribution in [2.75, 3.05) is 40.0 Å². The highest BCUT2D eigenvalue weighted by Gasteiger charge is 2.19. The Balaban J connectivity index is 0.00000529. The third kappa shape index (κ3) is 7.14. The van der Waals surface area contributed by atoms with E-state index >= 15 is 0 Å². The van der Waals surface area contributed by atoms with Crippen LogP contribution in [-0.4, -0.2) is 54.3 Å². The number of nitrogens with one attached hydrogen (secondary N) is 2. The molecule has 138 valence electrons. The molecule has 1 aromatic rings. The molecule has 24 heavy (non-hydrogen) atoms. The van der Waals surface area contributed by atoms with Gasteiger partial charge in [-0.3, -0.25) is 0 Å². The van der Waals surface area contributed by atoms with Crippen molar-refractivity contribution >= 4 is 28.4 Å². The van der Waals surface area contributed by atoms with Gasteiger partial charge in [0.25, 0.3) is 0 Å². The fraction of sp³-hybridized carbons (Fsp3) is 0.533. The number of halogens is 1. The predicted molar refractivity (Wildman–Crippen MR) is 94.3 cm³/mol. The monoisotopic (exact) mass is 380 g/mol. The molecular formula is C15H25ClN2O5S. The zero-order chi connectivity index (χ0) is 17.3. The van der Waals surface area contributed by atoms with Crippen molar-refractivity contribution in [3.05, 3.63) is 29.3 Å². The summed E-state index contributed by atoms with van der Waals surface area (Å²) in [5.74, 6) is -0.537. The number of rotatable bonds is 10. The van der Waals surface area contributed by atoms with Crippen molar-refractivity contribution < 1.29 is 22.7 Å². The second-order valence-corrected chi connectivity index (χ2v) is 6.58. The maximum Gasteiger partial charge on any atom is 0.338 e. The summed E-state index contributed by atoms with van der Waals surface area (Å²) in [5.41, 5.74) is 0.786. The number of sulfonamides is 1. The molecule has 0 bridgehead atoms. The average Bonchev–Trinajstić information content (AvgIpc) is 2.51. The highest BCUT2D eigenvalue weighted by Crippen LogP contribution is 2.17. The number of hydrogen-bond donors (Lipinski definition) is 2. The summed E-state index contributed by atoms with van der Waals surface area (Å²) in [6, 6.07) is 4.49. The minimum atomic E-state index is -3.68. The maximum absolute atomic E-state index is 12.4. The first-order chi connectivity index (χ1) is 10.9. The van der Waals surface area contributed by atoms with Crippen LogP contribution in [0.1, 0.15) is 22.8 Å². The first-order valence-electron chi connectivity index (χ1n) is 7.39. The number of hydrogen-bond acceptors (Lipinski definition) is 6. The van der Waals surface area contributed by atoms with Crippen LogP contribution in [0.4, 0.5) is 0 Å². The summed E-state index contributed by atoms with van der Waals surface area (Å²) in [5, 5.41) is 3.05. The standard InChI is InChI=1S/C15H24N2O5S.ClH/c1-4-22-15(18)13-6-5-12(2)14(11-13)23(19,20)17-8-7-16-9-10-21-3;/h5-6,11,16-17H,4,7-10H2,1-3H3;1H. The van der Waals surface area contributed by atoms with E-state index in [0.717, 1.165) is 0 Å². The Morgan fingerprint density at radius 2 is 1.92 bits per heavy atom. The van der Waals surface area contributed by atoms with Crippen LogP contribution in [0.15, 0.2) is 23.1 Å². The van der Waals surface area contributed by atoms with Crippen LogP contribution in [-0.2, 0) is 19.5 Å². The van der Waals surface area contributed by atoms with Gasteiger partial charge in [0.15, 0.2) is 0 Å². The lowest BCUT2D eigenvalue weighted by Gasteiger charge is -2.11. The second kappa shape index (κ2) is 11.4. The van der Waals surface area contributed by atoms with Crippen molar-refractivity contribution in [3.63, 3.8) is 0 Å². The second-order valence-electron chi connectivity index (χ2n) is 4.84. The topological polar surface area (TPSA) is 93.7 Å². The lowest BCUT2D eigenvalue weighted by Crippen LogP contribution is -2.33. The summed E-state index contributed by atoms with van der Waals surface area (Å²) >= 11 is 0. The first-order valence-corrected chi connectivity index (χ1v) is 8.87. The summed E-state index contributed by atoms with van der Waals surface area (Å²) in [7, 11) is -2.08. The smallest absolute Gasteiger partial charge is 0.338 e. The summed E-state index contributed by atoms with van der Waals surface area (Å²) in [4.78, 5) is 11.8. The zero-order valence-electron chi connectivity index (χ0n) is 14.1. The van der Waals surface area contributed by atoms with E-state index < -0.39 is 16.0 Å². The Morgan fingerprint density at radius 3 is 2.54 bits per heavy atom. The number of ether oxygens (including phenoxy) is 2. The summed E-state index contributed by atoms with van der Waals surface area (Å²) in [6.45, 7) is 5.56. The number of aryl methyl sites for hydroxylation is 1. The van der Waals surface area contributed by atoms with Crippen molar-refractivity contribution in [2.24, 2.45) is 0 Å². The molecule has 0 saturated heterocycles. The molecule has 0 amide bonds. The lowest BCUT2D eigenvalue weighted by atomic mass is 10.1. The third-order valence-electron chi connectivity index (χ3n) is 3.07. The molecule has 1 aromatic carbocycles. The molecular weight excluding hydrogens is 356 g/mol. The number of esters is 1. The molecule has 1 rings (SSSR count). The fourth-order valence-corrected chi connectivity index (χ4v) is 3.18. The Kier molecular flexibility index (Phi) is 10.8. The molecule has 7 nitrogen and oxygen atoms in total. The first kappa shape index (κ1) is 22.8. The van der Waals surface area contributed by atoms with Gasteiger partial charge in [0.1, 0.15) is 0 Å². The Morgan fingerprint density at radius 1 is 1.21 bits per heavy atom. The van der Waals surface area contributed by atoms with Crippen molar-refractivity contribution in [3.8, 4) is 0 Å². The highest BCUT2D eigenvalue weighted by molar-refractivity contribution is 7.89. The van der Waals surface area contributed by atoms with Gasteiger partial charge in [0.05, 0.1) is 23.7 Å². The molecule has 0 radical (unpaired) electrons. The molecule has 0 fully saturated rings. The SMILES string of the molecule is CCOC(=O)c1ccc(C)c(S(=O)(=O)NCCNCCOC)c1.Cl. The van der Waals surface area contributed by atoms with Crippen LogP contribution in [0, 0.1) is 6.92 Å². The zero-order valence-corrected chi connectivity index (χ0v) is 15.8. The lowest BCUT2D eigenvalue weighted by molar-refractivity contribution is 0.0526. The molecule has 0 aromatic heterocycles. The van der Waals surface area contributed by atoms with Gasteiger partial charge in [-0.25, -0.2) is 17.9 Å². The maximum atomic E-state index is 12.4. The molecule has 0 atom stereocenters. The fourth-order valence-electron chi connectivity index (χ4n) is 1.88. The van der Waals surface area contributed by atoms with Gasteiger partial charge in [-0.2, -0.15) is 0 Å². The van der Waals surface area contributed by atoms with E-state index in [9.17, 15) is 13.2 Å². The molecule has 0 aliphatic rings. The average molecular weight is 381 g/mol. The van der Waals surface area contributed by atoms with Gasteiger partial charge in [-0.15, -0.1) is 12.4 Å².